The van der Waals surface area contributed by atoms with Gasteiger partial charge in [0.05, 0.1) is 11.6 Å². The van der Waals surface area contributed by atoms with Crippen LogP contribution >= 0.6 is 11.3 Å². The number of hydrogen-bond donors (Lipinski definition) is 0. The molecule has 3 heteroatoms. The summed E-state index contributed by atoms with van der Waals surface area (Å²) < 4.78 is 8.87. The summed E-state index contributed by atoms with van der Waals surface area (Å²) in [6.45, 7) is 0. The van der Waals surface area contributed by atoms with Crippen LogP contribution in [-0.4, -0.2) is 0 Å². The Morgan fingerprint density at radius 3 is 1.98 bits per heavy atom. The average molecular weight is 604 g/mol. The van der Waals surface area contributed by atoms with Crippen molar-refractivity contribution >= 4 is 53.4 Å². The highest BCUT2D eigenvalue weighted by Crippen LogP contribution is 2.48. The van der Waals surface area contributed by atoms with Gasteiger partial charge in [-0.3, -0.25) is 0 Å². The van der Waals surface area contributed by atoms with Gasteiger partial charge in [-0.05, 0) is 75.3 Å². The van der Waals surface area contributed by atoms with Crippen LogP contribution in [-0.2, 0) is 0 Å². The van der Waals surface area contributed by atoms with Gasteiger partial charge in [-0.2, -0.15) is 5.26 Å². The largest absolute Gasteiger partial charge is 0.456 e. The highest BCUT2D eigenvalue weighted by molar-refractivity contribution is 7.26. The van der Waals surface area contributed by atoms with Gasteiger partial charge in [0.15, 0.2) is 0 Å². The summed E-state index contributed by atoms with van der Waals surface area (Å²) in [6, 6.07) is 55.4. The first kappa shape index (κ1) is 26.5. The lowest BCUT2D eigenvalue weighted by molar-refractivity contribution is 0.669. The SMILES string of the molecule is N#Cc1cc(-c2ccccc2)cc(-c2c(-c3cccc4c3sc3ccccc34)cccc2-c2cccc3oc4ccccc4c23)c1. The van der Waals surface area contributed by atoms with Crippen LogP contribution in [0.15, 0.2) is 156 Å². The Balaban J connectivity index is 1.41. The van der Waals surface area contributed by atoms with E-state index in [0.29, 0.717) is 5.56 Å². The number of rotatable bonds is 4. The second kappa shape index (κ2) is 10.6. The molecule has 0 spiro atoms. The number of nitrogens with zero attached hydrogens (tertiary/aromatic N) is 1. The van der Waals surface area contributed by atoms with Gasteiger partial charge in [-0.1, -0.05) is 115 Å². The Kier molecular flexibility index (Phi) is 6.09. The predicted octanol–water partition coefficient (Wildman–Crippen LogP) is 12.5. The molecule has 0 saturated carbocycles. The fourth-order valence-electron chi connectivity index (χ4n) is 6.90. The van der Waals surface area contributed by atoms with Crippen molar-refractivity contribution in [1.82, 2.24) is 0 Å². The summed E-state index contributed by atoms with van der Waals surface area (Å²) in [5, 5.41) is 15.0. The summed E-state index contributed by atoms with van der Waals surface area (Å²) in [5.74, 6) is 0. The Bertz CT molecular complexity index is 2650. The van der Waals surface area contributed by atoms with E-state index in [1.165, 1.54) is 25.7 Å². The van der Waals surface area contributed by atoms with Crippen LogP contribution in [0.5, 0.6) is 0 Å². The summed E-state index contributed by atoms with van der Waals surface area (Å²) in [7, 11) is 0. The van der Waals surface area contributed by atoms with E-state index in [0.717, 1.165) is 60.9 Å². The molecule has 2 nitrogen and oxygen atoms in total. The van der Waals surface area contributed by atoms with Crippen molar-refractivity contribution in [2.75, 3.05) is 0 Å². The highest BCUT2D eigenvalue weighted by Gasteiger charge is 2.21. The molecule has 0 fully saturated rings. The Labute approximate surface area is 270 Å². The zero-order valence-electron chi connectivity index (χ0n) is 24.7. The number of nitriles is 1. The minimum atomic E-state index is 0.629. The van der Waals surface area contributed by atoms with Crippen molar-refractivity contribution in [3.63, 3.8) is 0 Å². The van der Waals surface area contributed by atoms with Crippen LogP contribution in [0, 0.1) is 11.3 Å². The summed E-state index contributed by atoms with van der Waals surface area (Å²) >= 11 is 1.83. The maximum atomic E-state index is 10.2. The lowest BCUT2D eigenvalue weighted by Crippen LogP contribution is -1.93. The quantitative estimate of drug-likeness (QED) is 0.201. The molecule has 9 aromatic rings. The smallest absolute Gasteiger partial charge is 0.136 e. The van der Waals surface area contributed by atoms with E-state index in [2.05, 4.69) is 109 Å². The molecule has 46 heavy (non-hydrogen) atoms. The molecule has 0 amide bonds. The Morgan fingerprint density at radius 1 is 0.478 bits per heavy atom. The number of furan rings is 1. The molecule has 0 aliphatic rings. The molecule has 0 aliphatic heterocycles. The van der Waals surface area contributed by atoms with E-state index in [-0.39, 0.29) is 0 Å². The number of thiophene rings is 1. The first-order valence-electron chi connectivity index (χ1n) is 15.3. The molecule has 0 atom stereocenters. The highest BCUT2D eigenvalue weighted by atomic mass is 32.1. The van der Waals surface area contributed by atoms with E-state index in [1.807, 2.05) is 59.9 Å². The minimum Gasteiger partial charge on any atom is -0.456 e. The number of fused-ring (bicyclic) bond motifs is 6. The third kappa shape index (κ3) is 4.16. The first-order valence-corrected chi connectivity index (χ1v) is 16.1. The van der Waals surface area contributed by atoms with Crippen molar-refractivity contribution in [1.29, 1.82) is 5.26 Å². The molecule has 0 radical (unpaired) electrons. The number of hydrogen-bond acceptors (Lipinski definition) is 3. The van der Waals surface area contributed by atoms with Gasteiger partial charge in [0.1, 0.15) is 11.2 Å². The fraction of sp³-hybridized carbons (Fsp3) is 0. The third-order valence-corrected chi connectivity index (χ3v) is 10.1. The normalized spacial score (nSPS) is 11.5. The predicted molar refractivity (Wildman–Crippen MR) is 193 cm³/mol. The molecule has 2 heterocycles. The molecule has 0 bridgehead atoms. The monoisotopic (exact) mass is 603 g/mol. The van der Waals surface area contributed by atoms with Crippen LogP contribution in [0.25, 0.3) is 86.6 Å². The maximum absolute atomic E-state index is 10.2. The van der Waals surface area contributed by atoms with Crippen LogP contribution in [0.4, 0.5) is 0 Å². The molecular weight excluding hydrogens is 579 g/mol. The fourth-order valence-corrected chi connectivity index (χ4v) is 8.13. The zero-order chi connectivity index (χ0) is 30.6. The lowest BCUT2D eigenvalue weighted by atomic mass is 9.84. The van der Waals surface area contributed by atoms with Crippen LogP contribution in [0.3, 0.4) is 0 Å². The first-order chi connectivity index (χ1) is 22.8. The van der Waals surface area contributed by atoms with Gasteiger partial charge in [0, 0.05) is 36.5 Å². The van der Waals surface area contributed by atoms with Crippen molar-refractivity contribution in [3.8, 4) is 50.6 Å². The van der Waals surface area contributed by atoms with Crippen molar-refractivity contribution in [2.24, 2.45) is 0 Å². The Morgan fingerprint density at radius 2 is 1.11 bits per heavy atom. The van der Waals surface area contributed by atoms with Gasteiger partial charge in [0.25, 0.3) is 0 Å². The molecule has 0 N–H and O–H groups in total. The van der Waals surface area contributed by atoms with Crippen LogP contribution in [0.1, 0.15) is 5.56 Å². The molecular formula is C43H25NOS. The van der Waals surface area contributed by atoms with Crippen molar-refractivity contribution in [2.45, 2.75) is 0 Å². The Hall–Kier alpha value is -5.95. The summed E-state index contributed by atoms with van der Waals surface area (Å²) in [5.41, 5.74) is 11.1. The van der Waals surface area contributed by atoms with Gasteiger partial charge in [-0.25, -0.2) is 0 Å². The lowest BCUT2D eigenvalue weighted by Gasteiger charge is -2.18. The van der Waals surface area contributed by atoms with Crippen molar-refractivity contribution in [3.05, 3.63) is 157 Å². The van der Waals surface area contributed by atoms with Gasteiger partial charge in [0.2, 0.25) is 0 Å². The molecule has 7 aromatic carbocycles. The number of benzene rings is 7. The van der Waals surface area contributed by atoms with Gasteiger partial charge >= 0.3 is 0 Å². The second-order valence-corrected chi connectivity index (χ2v) is 12.6. The van der Waals surface area contributed by atoms with E-state index >= 15 is 0 Å². The zero-order valence-corrected chi connectivity index (χ0v) is 25.5. The topological polar surface area (TPSA) is 36.9 Å². The summed E-state index contributed by atoms with van der Waals surface area (Å²) in [4.78, 5) is 0. The summed E-state index contributed by atoms with van der Waals surface area (Å²) in [6.07, 6.45) is 0. The molecule has 9 rings (SSSR count). The molecule has 2 aromatic heterocycles. The van der Waals surface area contributed by atoms with Gasteiger partial charge < -0.3 is 4.42 Å². The minimum absolute atomic E-state index is 0.629. The van der Waals surface area contributed by atoms with Crippen molar-refractivity contribution < 1.29 is 4.42 Å². The standard InChI is InChI=1S/C43H25NOS/c44-26-27-23-29(28-11-2-1-3-12-28)25-30(24-27)41-32(33-17-10-21-39-42(33)37-14-4-6-20-38(37)45-39)15-8-16-34(41)36-19-9-18-35-31-13-5-7-22-40(31)46-43(35)36/h1-25H. The van der Waals surface area contributed by atoms with Crippen LogP contribution < -0.4 is 0 Å². The average Bonchev–Trinajstić information content (AvgIpc) is 3.70. The van der Waals surface area contributed by atoms with Crippen LogP contribution in [0.2, 0.25) is 0 Å². The third-order valence-electron chi connectivity index (χ3n) is 8.91. The maximum Gasteiger partial charge on any atom is 0.136 e. The van der Waals surface area contributed by atoms with E-state index in [4.69, 9.17) is 4.42 Å². The van der Waals surface area contributed by atoms with Gasteiger partial charge in [-0.15, -0.1) is 11.3 Å². The molecule has 0 saturated heterocycles. The van der Waals surface area contributed by atoms with E-state index in [1.54, 1.807) is 0 Å². The number of para-hydroxylation sites is 1. The molecule has 0 unspecified atom stereocenters. The van der Waals surface area contributed by atoms with E-state index < -0.39 is 0 Å². The molecule has 0 aliphatic carbocycles. The molecule has 214 valence electrons. The second-order valence-electron chi connectivity index (χ2n) is 11.6. The van der Waals surface area contributed by atoms with E-state index in [9.17, 15) is 5.26 Å².